The van der Waals surface area contributed by atoms with Gasteiger partial charge in [-0.2, -0.15) is 0 Å². The van der Waals surface area contributed by atoms with Crippen LogP contribution in [0.25, 0.3) is 0 Å². The van der Waals surface area contributed by atoms with E-state index in [4.69, 9.17) is 9.47 Å². The predicted molar refractivity (Wildman–Crippen MR) is 110 cm³/mol. The molecule has 0 bridgehead atoms. The Bertz CT molecular complexity index is 753. The Balaban J connectivity index is 1.51. The van der Waals surface area contributed by atoms with E-state index < -0.39 is 0 Å². The molecule has 3 rings (SSSR count). The van der Waals surface area contributed by atoms with E-state index in [0.717, 1.165) is 49.9 Å². The second kappa shape index (κ2) is 9.31. The first-order chi connectivity index (χ1) is 13.2. The highest BCUT2D eigenvalue weighted by atomic mass is 16.5. The summed E-state index contributed by atoms with van der Waals surface area (Å²) in [5, 5.41) is 3.48. The molecule has 0 atom stereocenters. The van der Waals surface area contributed by atoms with Gasteiger partial charge in [-0.15, -0.1) is 0 Å². The summed E-state index contributed by atoms with van der Waals surface area (Å²) in [5.74, 6) is 2.78. The van der Waals surface area contributed by atoms with Gasteiger partial charge >= 0.3 is 0 Å². The number of para-hydroxylation sites is 1. The molecule has 1 aliphatic rings. The van der Waals surface area contributed by atoms with E-state index >= 15 is 0 Å². The van der Waals surface area contributed by atoms with Crippen molar-refractivity contribution < 1.29 is 9.47 Å². The largest absolute Gasteiger partial charge is 0.497 e. The molecule has 1 heterocycles. The molecule has 2 aromatic rings. The Kier molecular flexibility index (Phi) is 6.58. The smallest absolute Gasteiger partial charge is 0.193 e. The fourth-order valence-electron chi connectivity index (χ4n) is 3.43. The van der Waals surface area contributed by atoms with Crippen LogP contribution in [0.5, 0.6) is 11.5 Å². The van der Waals surface area contributed by atoms with Crippen molar-refractivity contribution in [3.05, 3.63) is 59.7 Å². The minimum atomic E-state index is 0.266. The minimum Gasteiger partial charge on any atom is -0.497 e. The van der Waals surface area contributed by atoms with Crippen LogP contribution < -0.4 is 14.8 Å². The average Bonchev–Trinajstić information content (AvgIpc) is 2.70. The quantitative estimate of drug-likeness (QED) is 0.648. The number of aliphatic imine (C=N–C) groups is 1. The average molecular weight is 367 g/mol. The summed E-state index contributed by atoms with van der Waals surface area (Å²) in [7, 11) is 3.54. The zero-order chi connectivity index (χ0) is 19.1. The summed E-state index contributed by atoms with van der Waals surface area (Å²) < 4.78 is 11.4. The lowest BCUT2D eigenvalue weighted by atomic mass is 10.1. The molecule has 0 radical (unpaired) electrons. The van der Waals surface area contributed by atoms with Crippen LogP contribution >= 0.6 is 0 Å². The van der Waals surface area contributed by atoms with Crippen LogP contribution in [0.3, 0.4) is 0 Å². The fourth-order valence-corrected chi connectivity index (χ4v) is 3.43. The van der Waals surface area contributed by atoms with Gasteiger partial charge in [-0.25, -0.2) is 0 Å². The summed E-state index contributed by atoms with van der Waals surface area (Å²) in [6.07, 6.45) is 2.25. The van der Waals surface area contributed by atoms with Crippen molar-refractivity contribution in [2.75, 3.05) is 27.2 Å². The fraction of sp³-hybridized carbons (Fsp3) is 0.409. The Morgan fingerprint density at radius 2 is 1.85 bits per heavy atom. The van der Waals surface area contributed by atoms with E-state index in [1.165, 1.54) is 11.1 Å². The zero-order valence-electron chi connectivity index (χ0n) is 16.4. The summed E-state index contributed by atoms with van der Waals surface area (Å²) in [4.78, 5) is 6.76. The molecule has 144 valence electrons. The van der Waals surface area contributed by atoms with Gasteiger partial charge in [-0.05, 0) is 42.3 Å². The highest BCUT2D eigenvalue weighted by Gasteiger charge is 2.22. The van der Waals surface area contributed by atoms with Crippen molar-refractivity contribution in [2.45, 2.75) is 32.4 Å². The number of aryl methyl sites for hydroxylation is 1. The van der Waals surface area contributed by atoms with Gasteiger partial charge in [0.25, 0.3) is 0 Å². The molecule has 1 N–H and O–H groups in total. The van der Waals surface area contributed by atoms with Gasteiger partial charge in [0.05, 0.1) is 7.11 Å². The van der Waals surface area contributed by atoms with Crippen molar-refractivity contribution in [1.29, 1.82) is 0 Å². The summed E-state index contributed by atoms with van der Waals surface area (Å²) >= 11 is 0. The summed E-state index contributed by atoms with van der Waals surface area (Å²) in [6.45, 7) is 4.69. The van der Waals surface area contributed by atoms with Crippen molar-refractivity contribution in [2.24, 2.45) is 4.99 Å². The van der Waals surface area contributed by atoms with Crippen LogP contribution in [0.15, 0.2) is 53.5 Å². The normalized spacial score (nSPS) is 15.5. The molecule has 0 unspecified atom stereocenters. The number of benzene rings is 2. The Hall–Kier alpha value is -2.69. The van der Waals surface area contributed by atoms with Crippen molar-refractivity contribution >= 4 is 5.96 Å². The lowest BCUT2D eigenvalue weighted by Crippen LogP contribution is -2.47. The Morgan fingerprint density at radius 1 is 1.11 bits per heavy atom. The molecule has 2 aromatic carbocycles. The maximum Gasteiger partial charge on any atom is 0.193 e. The first-order valence-corrected chi connectivity index (χ1v) is 9.50. The minimum absolute atomic E-state index is 0.266. The molecule has 0 amide bonds. The van der Waals surface area contributed by atoms with Gasteiger partial charge in [0, 0.05) is 39.5 Å². The number of rotatable bonds is 5. The molecule has 1 saturated heterocycles. The van der Waals surface area contributed by atoms with Gasteiger partial charge in [-0.3, -0.25) is 4.99 Å². The summed E-state index contributed by atoms with van der Waals surface area (Å²) in [5.41, 5.74) is 2.38. The number of hydrogen-bond acceptors (Lipinski definition) is 3. The van der Waals surface area contributed by atoms with Gasteiger partial charge in [0.1, 0.15) is 17.6 Å². The van der Waals surface area contributed by atoms with Gasteiger partial charge in [0.2, 0.25) is 0 Å². The maximum atomic E-state index is 6.08. The van der Waals surface area contributed by atoms with E-state index in [-0.39, 0.29) is 6.10 Å². The standard InChI is InChI=1S/C22H29N3O2/c1-17-13-18(15-21(14-17)26-3)16-24-22(23-2)25-11-9-20(10-12-25)27-19-7-5-4-6-8-19/h4-8,13-15,20H,9-12,16H2,1-3H3,(H,23,24). The highest BCUT2D eigenvalue weighted by molar-refractivity contribution is 5.80. The van der Waals surface area contributed by atoms with Crippen LogP contribution in [0, 0.1) is 6.92 Å². The monoisotopic (exact) mass is 367 g/mol. The zero-order valence-corrected chi connectivity index (χ0v) is 16.4. The predicted octanol–water partition coefficient (Wildman–Crippen LogP) is 3.62. The molecule has 5 nitrogen and oxygen atoms in total. The number of nitrogens with zero attached hydrogens (tertiary/aromatic N) is 2. The number of likely N-dealkylation sites (tertiary alicyclic amines) is 1. The molecule has 1 fully saturated rings. The third kappa shape index (κ3) is 5.39. The first kappa shape index (κ1) is 19.1. The second-order valence-electron chi connectivity index (χ2n) is 6.88. The Labute approximate surface area is 162 Å². The van der Waals surface area contributed by atoms with E-state index in [1.807, 2.05) is 43.4 Å². The number of ether oxygens (including phenoxy) is 2. The topological polar surface area (TPSA) is 46.1 Å². The molecule has 0 aliphatic carbocycles. The van der Waals surface area contributed by atoms with Crippen molar-refractivity contribution in [3.8, 4) is 11.5 Å². The molecule has 0 aromatic heterocycles. The highest BCUT2D eigenvalue weighted by Crippen LogP contribution is 2.19. The van der Waals surface area contributed by atoms with Crippen molar-refractivity contribution in [1.82, 2.24) is 10.2 Å². The van der Waals surface area contributed by atoms with E-state index in [9.17, 15) is 0 Å². The second-order valence-corrected chi connectivity index (χ2v) is 6.88. The lowest BCUT2D eigenvalue weighted by Gasteiger charge is -2.34. The van der Waals surface area contributed by atoms with Crippen molar-refractivity contribution in [3.63, 3.8) is 0 Å². The van der Waals surface area contributed by atoms with Crippen LogP contribution in [-0.2, 0) is 6.54 Å². The van der Waals surface area contributed by atoms with Gasteiger partial charge < -0.3 is 19.7 Å². The number of nitrogens with one attached hydrogen (secondary N) is 1. The molecule has 0 spiro atoms. The number of methoxy groups -OCH3 is 1. The number of guanidine groups is 1. The van der Waals surface area contributed by atoms with E-state index in [0.29, 0.717) is 0 Å². The molecular formula is C22H29N3O2. The molecular weight excluding hydrogens is 338 g/mol. The third-order valence-electron chi connectivity index (χ3n) is 4.80. The Morgan fingerprint density at radius 3 is 2.52 bits per heavy atom. The van der Waals surface area contributed by atoms with Crippen LogP contribution in [0.4, 0.5) is 0 Å². The number of hydrogen-bond donors (Lipinski definition) is 1. The first-order valence-electron chi connectivity index (χ1n) is 9.50. The summed E-state index contributed by atoms with van der Waals surface area (Å²) in [6, 6.07) is 16.3. The maximum absolute atomic E-state index is 6.08. The lowest BCUT2D eigenvalue weighted by molar-refractivity contribution is 0.129. The van der Waals surface area contributed by atoms with E-state index in [2.05, 4.69) is 34.3 Å². The SMILES string of the molecule is CN=C(NCc1cc(C)cc(OC)c1)N1CCC(Oc2ccccc2)CC1. The molecule has 5 heteroatoms. The molecule has 27 heavy (non-hydrogen) atoms. The van der Waals surface area contributed by atoms with Crippen LogP contribution in [0.2, 0.25) is 0 Å². The van der Waals surface area contributed by atoms with Gasteiger partial charge in [-0.1, -0.05) is 24.3 Å². The molecule has 1 aliphatic heterocycles. The van der Waals surface area contributed by atoms with Crippen LogP contribution in [0.1, 0.15) is 24.0 Å². The van der Waals surface area contributed by atoms with Gasteiger partial charge in [0.15, 0.2) is 5.96 Å². The van der Waals surface area contributed by atoms with E-state index in [1.54, 1.807) is 7.11 Å². The number of piperidine rings is 1. The van der Waals surface area contributed by atoms with Crippen LogP contribution in [-0.4, -0.2) is 44.2 Å². The molecule has 0 saturated carbocycles. The third-order valence-corrected chi connectivity index (χ3v) is 4.80.